The van der Waals surface area contributed by atoms with Crippen molar-refractivity contribution in [2.24, 2.45) is 5.92 Å². The number of fused-ring (bicyclic) bond motifs is 1. The zero-order valence-corrected chi connectivity index (χ0v) is 20.9. The largest absolute Gasteiger partial charge is 0.497 e. The minimum absolute atomic E-state index is 0.0501. The van der Waals surface area contributed by atoms with Gasteiger partial charge in [0.2, 0.25) is 21.8 Å². The van der Waals surface area contributed by atoms with Gasteiger partial charge >= 0.3 is 0 Å². The lowest BCUT2D eigenvalue weighted by Crippen LogP contribution is -2.47. The second-order valence-electron chi connectivity index (χ2n) is 8.46. The molecule has 0 spiro atoms. The molecule has 184 valence electrons. The summed E-state index contributed by atoms with van der Waals surface area (Å²) >= 11 is 0. The smallest absolute Gasteiger partial charge is 0.242 e. The molecule has 2 amide bonds. The van der Waals surface area contributed by atoms with Gasteiger partial charge in [-0.2, -0.15) is 4.72 Å². The first kappa shape index (κ1) is 25.5. The Balaban J connectivity index is 1.85. The summed E-state index contributed by atoms with van der Waals surface area (Å²) in [6.07, 6.45) is 1.43. The molecule has 2 aromatic rings. The molecular weight excluding hydrogens is 458 g/mol. The Bertz CT molecular complexity index is 1180. The van der Waals surface area contributed by atoms with Crippen LogP contribution in [0.5, 0.6) is 11.5 Å². The van der Waals surface area contributed by atoms with Crippen LogP contribution in [0.1, 0.15) is 32.8 Å². The summed E-state index contributed by atoms with van der Waals surface area (Å²) in [6.45, 7) is 5.61. The summed E-state index contributed by atoms with van der Waals surface area (Å²) in [6, 6.07) is 8.60. The summed E-state index contributed by atoms with van der Waals surface area (Å²) in [4.78, 5) is 26.7. The average molecular weight is 490 g/mol. The zero-order chi connectivity index (χ0) is 25.0. The topological polar surface area (TPSA) is 114 Å². The molecule has 0 radical (unpaired) electrons. The van der Waals surface area contributed by atoms with Crippen molar-refractivity contribution in [3.05, 3.63) is 42.0 Å². The van der Waals surface area contributed by atoms with Gasteiger partial charge in [-0.15, -0.1) is 0 Å². The van der Waals surface area contributed by atoms with Gasteiger partial charge in [-0.25, -0.2) is 8.42 Å². The molecule has 0 saturated heterocycles. The van der Waals surface area contributed by atoms with Crippen LogP contribution in [0.25, 0.3) is 0 Å². The highest BCUT2D eigenvalue weighted by Crippen LogP contribution is 2.31. The van der Waals surface area contributed by atoms with Crippen LogP contribution in [0.4, 0.5) is 11.4 Å². The third-order valence-corrected chi connectivity index (χ3v) is 7.19. The monoisotopic (exact) mass is 489 g/mol. The number of nitrogens with zero attached hydrogens (tertiary/aromatic N) is 1. The minimum Gasteiger partial charge on any atom is -0.497 e. The van der Waals surface area contributed by atoms with E-state index in [9.17, 15) is 18.0 Å². The first-order valence-corrected chi connectivity index (χ1v) is 12.5. The van der Waals surface area contributed by atoms with E-state index in [1.165, 1.54) is 27.2 Å². The van der Waals surface area contributed by atoms with E-state index < -0.39 is 22.0 Å². The van der Waals surface area contributed by atoms with Crippen molar-refractivity contribution in [3.8, 4) is 11.5 Å². The summed E-state index contributed by atoms with van der Waals surface area (Å²) in [5.41, 5.74) is 1.88. The maximum absolute atomic E-state index is 13.2. The van der Waals surface area contributed by atoms with Crippen LogP contribution in [-0.2, 0) is 26.0 Å². The number of amides is 2. The number of carbonyl (C=O) groups is 2. The standard InChI is InChI=1S/C24H31N3O6S/c1-15(2)23(24(29)25-20-14-18(32-4)8-11-22(20)33-5)26-34(30,31)19-9-10-21-17(13-19)7-6-12-27(21)16(3)28/h8-11,13-15,23,26H,6-7,12H2,1-5H3,(H,25,29). The van der Waals surface area contributed by atoms with Gasteiger partial charge in [0.15, 0.2) is 0 Å². The van der Waals surface area contributed by atoms with E-state index in [1.54, 1.807) is 49.1 Å². The molecule has 0 saturated carbocycles. The summed E-state index contributed by atoms with van der Waals surface area (Å²) < 4.78 is 39.5. The molecule has 2 N–H and O–H groups in total. The van der Waals surface area contributed by atoms with Crippen molar-refractivity contribution >= 4 is 33.2 Å². The Morgan fingerprint density at radius 1 is 1.06 bits per heavy atom. The molecule has 0 fully saturated rings. The molecule has 1 aliphatic rings. The van der Waals surface area contributed by atoms with E-state index in [0.717, 1.165) is 17.7 Å². The predicted octanol–water partition coefficient (Wildman–Crippen LogP) is 2.94. The number of nitrogens with one attached hydrogen (secondary N) is 2. The van der Waals surface area contributed by atoms with E-state index >= 15 is 0 Å². The lowest BCUT2D eigenvalue weighted by Gasteiger charge is -2.29. The van der Waals surface area contributed by atoms with Gasteiger partial charge in [0.05, 0.1) is 24.8 Å². The van der Waals surface area contributed by atoms with Crippen molar-refractivity contribution < 1.29 is 27.5 Å². The van der Waals surface area contributed by atoms with E-state index in [4.69, 9.17) is 9.47 Å². The van der Waals surface area contributed by atoms with E-state index in [2.05, 4.69) is 10.0 Å². The van der Waals surface area contributed by atoms with Crippen molar-refractivity contribution in [1.29, 1.82) is 0 Å². The lowest BCUT2D eigenvalue weighted by atomic mass is 10.0. The van der Waals surface area contributed by atoms with Gasteiger partial charge in [-0.3, -0.25) is 9.59 Å². The van der Waals surface area contributed by atoms with Crippen molar-refractivity contribution in [3.63, 3.8) is 0 Å². The van der Waals surface area contributed by atoms with Crippen LogP contribution >= 0.6 is 0 Å². The number of sulfonamides is 1. The molecule has 9 nitrogen and oxygen atoms in total. The Hall–Kier alpha value is -3.11. The summed E-state index contributed by atoms with van der Waals surface area (Å²) in [5.74, 6) is -0.00193. The molecule has 1 heterocycles. The van der Waals surface area contributed by atoms with Crippen LogP contribution in [0.15, 0.2) is 41.3 Å². The van der Waals surface area contributed by atoms with Gasteiger partial charge in [0.1, 0.15) is 17.5 Å². The fourth-order valence-electron chi connectivity index (χ4n) is 3.92. The van der Waals surface area contributed by atoms with Crippen molar-refractivity contribution in [2.75, 3.05) is 31.0 Å². The van der Waals surface area contributed by atoms with Crippen molar-refractivity contribution in [1.82, 2.24) is 4.72 Å². The fraction of sp³-hybridized carbons (Fsp3) is 0.417. The molecule has 34 heavy (non-hydrogen) atoms. The van der Waals surface area contributed by atoms with Crippen LogP contribution in [0.2, 0.25) is 0 Å². The molecule has 10 heteroatoms. The van der Waals surface area contributed by atoms with E-state index in [1.807, 2.05) is 0 Å². The maximum Gasteiger partial charge on any atom is 0.242 e. The lowest BCUT2D eigenvalue weighted by molar-refractivity contribution is -0.118. The molecule has 1 unspecified atom stereocenters. The number of aryl methyl sites for hydroxylation is 1. The number of methoxy groups -OCH3 is 2. The van der Waals surface area contributed by atoms with Crippen LogP contribution < -0.4 is 24.4 Å². The zero-order valence-electron chi connectivity index (χ0n) is 20.0. The number of anilines is 2. The number of ether oxygens (including phenoxy) is 2. The van der Waals surface area contributed by atoms with Gasteiger partial charge in [0.25, 0.3) is 0 Å². The highest BCUT2D eigenvalue weighted by Gasteiger charge is 2.30. The number of carbonyl (C=O) groups excluding carboxylic acids is 2. The molecule has 1 atom stereocenters. The Labute approximate surface area is 200 Å². The van der Waals surface area contributed by atoms with Gasteiger partial charge < -0.3 is 19.7 Å². The van der Waals surface area contributed by atoms with Gasteiger partial charge in [0, 0.05) is 25.2 Å². The Morgan fingerprint density at radius 2 is 1.79 bits per heavy atom. The third-order valence-electron chi connectivity index (χ3n) is 5.76. The number of hydrogen-bond donors (Lipinski definition) is 2. The average Bonchev–Trinajstić information content (AvgIpc) is 2.81. The normalized spacial score (nSPS) is 14.4. The number of rotatable bonds is 8. The van der Waals surface area contributed by atoms with Crippen molar-refractivity contribution in [2.45, 2.75) is 44.6 Å². The quantitative estimate of drug-likeness (QED) is 0.589. The Morgan fingerprint density at radius 3 is 2.41 bits per heavy atom. The molecule has 0 aliphatic carbocycles. The first-order chi connectivity index (χ1) is 16.1. The molecular formula is C24H31N3O6S. The summed E-state index contributed by atoms with van der Waals surface area (Å²) in [7, 11) is -1.03. The van der Waals surface area contributed by atoms with E-state index in [0.29, 0.717) is 30.2 Å². The van der Waals surface area contributed by atoms with Gasteiger partial charge in [-0.1, -0.05) is 13.8 Å². The maximum atomic E-state index is 13.2. The highest BCUT2D eigenvalue weighted by molar-refractivity contribution is 7.89. The molecule has 0 bridgehead atoms. The molecule has 2 aromatic carbocycles. The molecule has 3 rings (SSSR count). The first-order valence-electron chi connectivity index (χ1n) is 11.0. The predicted molar refractivity (Wildman–Crippen MR) is 130 cm³/mol. The van der Waals surface area contributed by atoms with E-state index in [-0.39, 0.29) is 16.7 Å². The second kappa shape index (κ2) is 10.4. The molecule has 0 aromatic heterocycles. The number of benzene rings is 2. The Kier molecular flexibility index (Phi) is 7.83. The number of hydrogen-bond acceptors (Lipinski definition) is 6. The third kappa shape index (κ3) is 5.51. The minimum atomic E-state index is -4.01. The summed E-state index contributed by atoms with van der Waals surface area (Å²) in [5, 5.41) is 2.74. The fourth-order valence-corrected chi connectivity index (χ4v) is 5.31. The van der Waals surface area contributed by atoms with Crippen LogP contribution in [-0.4, -0.2) is 47.0 Å². The van der Waals surface area contributed by atoms with Crippen LogP contribution in [0, 0.1) is 5.92 Å². The van der Waals surface area contributed by atoms with Gasteiger partial charge in [-0.05, 0) is 54.7 Å². The SMILES string of the molecule is COc1ccc(OC)c(NC(=O)C(NS(=O)(=O)c2ccc3c(c2)CCCN3C(C)=O)C(C)C)c1. The highest BCUT2D eigenvalue weighted by atomic mass is 32.2. The van der Waals surface area contributed by atoms with Crippen LogP contribution in [0.3, 0.4) is 0 Å². The second-order valence-corrected chi connectivity index (χ2v) is 10.2. The molecule has 1 aliphatic heterocycles.